The van der Waals surface area contributed by atoms with Crippen LogP contribution in [0.3, 0.4) is 0 Å². The van der Waals surface area contributed by atoms with Gasteiger partial charge in [0.2, 0.25) is 0 Å². The van der Waals surface area contributed by atoms with E-state index >= 15 is 0 Å². The van der Waals surface area contributed by atoms with Crippen LogP contribution in [0.25, 0.3) is 0 Å². The second kappa shape index (κ2) is 3.02. The second-order valence-corrected chi connectivity index (χ2v) is 3.03. The highest BCUT2D eigenvalue weighted by atomic mass is 79.9. The van der Waals surface area contributed by atoms with E-state index in [-0.39, 0.29) is 0 Å². The molecule has 0 heterocycles. The van der Waals surface area contributed by atoms with Crippen LogP contribution in [0, 0.1) is 5.92 Å². The lowest BCUT2D eigenvalue weighted by Crippen LogP contribution is -1.85. The molecule has 1 unspecified atom stereocenters. The maximum Gasteiger partial charge on any atom is 0.00589 e. The molecule has 0 aromatic rings. The third-order valence-electron chi connectivity index (χ3n) is 1.31. The normalized spacial score (nSPS) is 25.6. The van der Waals surface area contributed by atoms with E-state index < -0.39 is 0 Å². The van der Waals surface area contributed by atoms with Crippen LogP contribution < -0.4 is 0 Å². The van der Waals surface area contributed by atoms with Gasteiger partial charge in [-0.1, -0.05) is 53.2 Å². The predicted molar refractivity (Wildman–Crippen MR) is 44.5 cm³/mol. The Morgan fingerprint density at radius 3 is 2.89 bits per heavy atom. The zero-order valence-corrected chi connectivity index (χ0v) is 6.93. The lowest BCUT2D eigenvalue weighted by molar-refractivity contribution is 0.929. The molecule has 0 aromatic heterocycles. The van der Waals surface area contributed by atoms with Gasteiger partial charge in [-0.05, 0) is 0 Å². The Labute approximate surface area is 64.1 Å². The standard InChI is InChI=1S/C8H9Br/c1-7-5-3-2-4-6-8(7)9/h2-7H,1H3. The maximum absolute atomic E-state index is 3.46. The highest BCUT2D eigenvalue weighted by Crippen LogP contribution is 2.20. The van der Waals surface area contributed by atoms with Crippen LogP contribution >= 0.6 is 15.9 Å². The van der Waals surface area contributed by atoms with Crippen molar-refractivity contribution in [1.29, 1.82) is 0 Å². The molecule has 1 heteroatoms. The van der Waals surface area contributed by atoms with Gasteiger partial charge in [0.1, 0.15) is 0 Å². The average Bonchev–Trinajstić information content (AvgIpc) is 1.99. The molecular formula is C8H9Br. The largest absolute Gasteiger partial charge is 0.0768 e. The van der Waals surface area contributed by atoms with Gasteiger partial charge in [-0.2, -0.15) is 0 Å². The summed E-state index contributed by atoms with van der Waals surface area (Å²) in [5.74, 6) is 0.528. The summed E-state index contributed by atoms with van der Waals surface area (Å²) in [7, 11) is 0. The van der Waals surface area contributed by atoms with E-state index in [0.717, 1.165) is 0 Å². The van der Waals surface area contributed by atoms with Crippen LogP contribution in [0.5, 0.6) is 0 Å². The Balaban J connectivity index is 2.80. The van der Waals surface area contributed by atoms with E-state index in [9.17, 15) is 0 Å². The van der Waals surface area contributed by atoms with E-state index in [2.05, 4.69) is 41.1 Å². The van der Waals surface area contributed by atoms with Crippen molar-refractivity contribution in [2.24, 2.45) is 5.92 Å². The first-order valence-corrected chi connectivity index (χ1v) is 3.80. The fourth-order valence-electron chi connectivity index (χ4n) is 0.686. The van der Waals surface area contributed by atoms with E-state index in [4.69, 9.17) is 0 Å². The second-order valence-electron chi connectivity index (χ2n) is 2.11. The van der Waals surface area contributed by atoms with Crippen molar-refractivity contribution in [2.75, 3.05) is 0 Å². The van der Waals surface area contributed by atoms with Crippen LogP contribution in [0.2, 0.25) is 0 Å². The van der Waals surface area contributed by atoms with E-state index in [1.54, 1.807) is 0 Å². The zero-order chi connectivity index (χ0) is 6.69. The summed E-state index contributed by atoms with van der Waals surface area (Å²) in [6, 6.07) is 0. The number of allylic oxidation sites excluding steroid dienone is 6. The molecule has 9 heavy (non-hydrogen) atoms. The van der Waals surface area contributed by atoms with Gasteiger partial charge in [-0.25, -0.2) is 0 Å². The molecule has 1 atom stereocenters. The SMILES string of the molecule is CC1C=CC=CC=C1Br. The third-order valence-corrected chi connectivity index (χ3v) is 2.30. The Kier molecular flexibility index (Phi) is 2.29. The van der Waals surface area contributed by atoms with Crippen molar-refractivity contribution in [2.45, 2.75) is 6.92 Å². The molecule has 0 fully saturated rings. The summed E-state index contributed by atoms with van der Waals surface area (Å²) >= 11 is 3.46. The Morgan fingerprint density at radius 2 is 2.11 bits per heavy atom. The van der Waals surface area contributed by atoms with Crippen molar-refractivity contribution in [3.8, 4) is 0 Å². The molecule has 1 rings (SSSR count). The maximum atomic E-state index is 3.46. The summed E-state index contributed by atoms with van der Waals surface area (Å²) in [5.41, 5.74) is 0. The fraction of sp³-hybridized carbons (Fsp3) is 0.250. The van der Waals surface area contributed by atoms with Crippen molar-refractivity contribution in [3.63, 3.8) is 0 Å². The first kappa shape index (κ1) is 6.81. The van der Waals surface area contributed by atoms with Crippen LogP contribution in [-0.4, -0.2) is 0 Å². The average molecular weight is 185 g/mol. The van der Waals surface area contributed by atoms with E-state index in [1.165, 1.54) is 4.48 Å². The van der Waals surface area contributed by atoms with Gasteiger partial charge in [0.25, 0.3) is 0 Å². The predicted octanol–water partition coefficient (Wildman–Crippen LogP) is 3.03. The van der Waals surface area contributed by atoms with Crippen molar-refractivity contribution >= 4 is 15.9 Å². The van der Waals surface area contributed by atoms with Crippen LogP contribution in [0.15, 0.2) is 34.9 Å². The molecule has 0 saturated heterocycles. The molecule has 0 bridgehead atoms. The van der Waals surface area contributed by atoms with Gasteiger partial charge in [-0.15, -0.1) is 0 Å². The highest BCUT2D eigenvalue weighted by Gasteiger charge is 1.99. The Morgan fingerprint density at radius 1 is 1.33 bits per heavy atom. The molecule has 0 spiro atoms. The molecule has 0 nitrogen and oxygen atoms in total. The van der Waals surface area contributed by atoms with Crippen molar-refractivity contribution < 1.29 is 0 Å². The Hall–Kier alpha value is -0.300. The molecule has 1 aliphatic rings. The summed E-state index contributed by atoms with van der Waals surface area (Å²) < 4.78 is 1.24. The molecule has 0 radical (unpaired) electrons. The van der Waals surface area contributed by atoms with Gasteiger partial charge in [0.05, 0.1) is 0 Å². The molecule has 0 saturated carbocycles. The van der Waals surface area contributed by atoms with Crippen LogP contribution in [0.1, 0.15) is 6.92 Å². The first-order valence-electron chi connectivity index (χ1n) is 3.01. The Bertz CT molecular complexity index is 175. The summed E-state index contributed by atoms with van der Waals surface area (Å²) in [5, 5.41) is 0. The number of hydrogen-bond acceptors (Lipinski definition) is 0. The number of halogens is 1. The topological polar surface area (TPSA) is 0 Å². The number of hydrogen-bond donors (Lipinski definition) is 0. The summed E-state index contributed by atoms with van der Waals surface area (Å²) in [6.45, 7) is 2.16. The lowest BCUT2D eigenvalue weighted by Gasteiger charge is -2.00. The van der Waals surface area contributed by atoms with Crippen molar-refractivity contribution in [3.05, 3.63) is 34.9 Å². The molecule has 48 valence electrons. The molecule has 0 aromatic carbocycles. The van der Waals surface area contributed by atoms with E-state index in [0.29, 0.717) is 5.92 Å². The fourth-order valence-corrected chi connectivity index (χ4v) is 0.991. The minimum Gasteiger partial charge on any atom is -0.0768 e. The lowest BCUT2D eigenvalue weighted by atomic mass is 10.2. The van der Waals surface area contributed by atoms with Crippen molar-refractivity contribution in [1.82, 2.24) is 0 Å². The first-order chi connectivity index (χ1) is 4.30. The molecule has 0 amide bonds. The third kappa shape index (κ3) is 1.83. The van der Waals surface area contributed by atoms with E-state index in [1.807, 2.05) is 12.2 Å². The molecule has 0 aliphatic heterocycles. The monoisotopic (exact) mass is 184 g/mol. The summed E-state index contributed by atoms with van der Waals surface area (Å²) in [4.78, 5) is 0. The van der Waals surface area contributed by atoms with Crippen LogP contribution in [-0.2, 0) is 0 Å². The molecule has 0 N–H and O–H groups in total. The van der Waals surface area contributed by atoms with Gasteiger partial charge in [-0.3, -0.25) is 0 Å². The van der Waals surface area contributed by atoms with Gasteiger partial charge >= 0.3 is 0 Å². The smallest absolute Gasteiger partial charge is 0.00589 e. The minimum absolute atomic E-state index is 0.528. The zero-order valence-electron chi connectivity index (χ0n) is 5.34. The molecular weight excluding hydrogens is 176 g/mol. The van der Waals surface area contributed by atoms with Crippen LogP contribution in [0.4, 0.5) is 0 Å². The number of rotatable bonds is 0. The van der Waals surface area contributed by atoms with Gasteiger partial charge in [0, 0.05) is 10.4 Å². The quantitative estimate of drug-likeness (QED) is 0.544. The van der Waals surface area contributed by atoms with Gasteiger partial charge in [0.15, 0.2) is 0 Å². The van der Waals surface area contributed by atoms with Gasteiger partial charge < -0.3 is 0 Å². The molecule has 1 aliphatic carbocycles. The minimum atomic E-state index is 0.528. The highest BCUT2D eigenvalue weighted by molar-refractivity contribution is 9.11. The summed E-state index contributed by atoms with van der Waals surface area (Å²) in [6.07, 6.45) is 10.4.